The molecule has 2 fully saturated rings. The molecule has 0 bridgehead atoms. The number of fused-ring (bicyclic) bond motifs is 2. The van der Waals surface area contributed by atoms with Gasteiger partial charge in [-0.3, -0.25) is 0 Å². The number of sulfone groups is 1. The molecule has 0 aliphatic carbocycles. The molecule has 0 radical (unpaired) electrons. The first-order valence-electron chi connectivity index (χ1n) is 11.3. The van der Waals surface area contributed by atoms with Gasteiger partial charge in [-0.25, -0.2) is 25.3 Å². The Labute approximate surface area is 205 Å². The predicted octanol–water partition coefficient (Wildman–Crippen LogP) is 0.660. The first-order valence-corrected chi connectivity index (χ1v) is 15.6. The lowest BCUT2D eigenvalue weighted by Crippen LogP contribution is -2.40. The molecule has 3 aliphatic heterocycles. The number of hydrogen-bond donors (Lipinski definition) is 0. The number of nitrogens with zero attached hydrogens (tertiary/aromatic N) is 2. The third-order valence-corrected chi connectivity index (χ3v) is 12.2. The van der Waals surface area contributed by atoms with Gasteiger partial charge >= 0.3 is 0 Å². The van der Waals surface area contributed by atoms with E-state index in [4.69, 9.17) is 9.47 Å². The number of morpholine rings is 2. The number of sulfonamides is 2. The van der Waals surface area contributed by atoms with Crippen molar-refractivity contribution < 1.29 is 34.7 Å². The minimum Gasteiger partial charge on any atom is -0.379 e. The van der Waals surface area contributed by atoms with Crippen molar-refractivity contribution in [2.24, 2.45) is 0 Å². The van der Waals surface area contributed by atoms with Crippen molar-refractivity contribution in [2.75, 3.05) is 52.6 Å². The van der Waals surface area contributed by atoms with Crippen molar-refractivity contribution in [3.8, 4) is 0 Å². The molecule has 13 heteroatoms. The Morgan fingerprint density at radius 2 is 1.00 bits per heavy atom. The molecule has 0 atom stereocenters. The van der Waals surface area contributed by atoms with Gasteiger partial charge in [-0.05, 0) is 48.2 Å². The van der Waals surface area contributed by atoms with Crippen LogP contribution in [0.4, 0.5) is 0 Å². The van der Waals surface area contributed by atoms with Crippen LogP contribution in [0.5, 0.6) is 0 Å². The Kier molecular flexibility index (Phi) is 6.53. The Bertz CT molecular complexity index is 1350. The smallest absolute Gasteiger partial charge is 0.243 e. The van der Waals surface area contributed by atoms with Crippen LogP contribution in [0.15, 0.2) is 56.0 Å². The molecule has 3 heterocycles. The maximum absolute atomic E-state index is 13.8. The molecule has 2 aromatic rings. The van der Waals surface area contributed by atoms with Crippen LogP contribution in [-0.4, -0.2) is 86.5 Å². The monoisotopic (exact) mass is 542 g/mol. The molecular formula is C22H26N2O8S3. The van der Waals surface area contributed by atoms with E-state index < -0.39 is 29.9 Å². The van der Waals surface area contributed by atoms with Gasteiger partial charge in [0, 0.05) is 26.2 Å². The molecule has 0 amide bonds. The van der Waals surface area contributed by atoms with E-state index in [1.807, 2.05) is 0 Å². The zero-order chi connectivity index (χ0) is 24.8. The lowest BCUT2D eigenvalue weighted by molar-refractivity contribution is 0.0730. The van der Waals surface area contributed by atoms with Crippen molar-refractivity contribution in [1.29, 1.82) is 0 Å². The van der Waals surface area contributed by atoms with Crippen molar-refractivity contribution in [2.45, 2.75) is 32.4 Å². The molecule has 0 saturated carbocycles. The van der Waals surface area contributed by atoms with Crippen LogP contribution in [-0.2, 0) is 52.2 Å². The minimum absolute atomic E-state index is 0.105. The van der Waals surface area contributed by atoms with Crippen molar-refractivity contribution in [3.05, 3.63) is 47.5 Å². The first kappa shape index (κ1) is 24.8. The molecule has 0 spiro atoms. The quantitative estimate of drug-likeness (QED) is 0.551. The maximum Gasteiger partial charge on any atom is 0.243 e. The highest BCUT2D eigenvalue weighted by Gasteiger charge is 2.34. The van der Waals surface area contributed by atoms with Gasteiger partial charge in [-0.1, -0.05) is 12.1 Å². The molecule has 10 nitrogen and oxygen atoms in total. The summed E-state index contributed by atoms with van der Waals surface area (Å²) in [5.41, 5.74) is 0.999. The summed E-state index contributed by atoms with van der Waals surface area (Å²) in [5, 5.41) is 0. The summed E-state index contributed by atoms with van der Waals surface area (Å²) in [7, 11) is -12.0. The number of rotatable bonds is 4. The molecule has 190 valence electrons. The number of benzene rings is 2. The highest BCUT2D eigenvalue weighted by atomic mass is 32.2. The summed E-state index contributed by atoms with van der Waals surface area (Å²) in [5.74, 6) is 0. The van der Waals surface area contributed by atoms with E-state index in [0.717, 1.165) is 0 Å². The fraction of sp³-hybridized carbons (Fsp3) is 0.455. The van der Waals surface area contributed by atoms with Gasteiger partial charge in [0.05, 0.1) is 46.0 Å². The molecule has 5 rings (SSSR count). The Morgan fingerprint density at radius 1 is 0.629 bits per heavy atom. The minimum atomic E-state index is -4.18. The highest BCUT2D eigenvalue weighted by Crippen LogP contribution is 2.35. The fourth-order valence-electron chi connectivity index (χ4n) is 4.56. The number of ether oxygens (including phenoxy) is 2. The van der Waals surface area contributed by atoms with Crippen LogP contribution in [0.3, 0.4) is 0 Å². The van der Waals surface area contributed by atoms with Gasteiger partial charge in [-0.15, -0.1) is 0 Å². The average molecular weight is 543 g/mol. The molecule has 2 saturated heterocycles. The highest BCUT2D eigenvalue weighted by molar-refractivity contribution is 7.92. The Hall–Kier alpha value is -1.87. The normalized spacial score (nSPS) is 21.6. The fourth-order valence-corrected chi connectivity index (χ4v) is 9.41. The molecule has 0 N–H and O–H groups in total. The van der Waals surface area contributed by atoms with E-state index in [0.29, 0.717) is 24.0 Å². The van der Waals surface area contributed by atoms with Crippen LogP contribution in [0.25, 0.3) is 0 Å². The summed E-state index contributed by atoms with van der Waals surface area (Å²) in [6, 6.07) is 8.35. The zero-order valence-corrected chi connectivity index (χ0v) is 21.4. The topological polar surface area (TPSA) is 127 Å². The van der Waals surface area contributed by atoms with Crippen LogP contribution in [0.1, 0.15) is 11.1 Å². The Balaban J connectivity index is 1.58. The maximum atomic E-state index is 13.8. The predicted molar refractivity (Wildman–Crippen MR) is 125 cm³/mol. The third-order valence-electron chi connectivity index (χ3n) is 6.54. The van der Waals surface area contributed by atoms with Gasteiger partial charge in [0.1, 0.15) is 0 Å². The molecule has 0 unspecified atom stereocenters. The second-order valence-electron chi connectivity index (χ2n) is 8.58. The van der Waals surface area contributed by atoms with Crippen molar-refractivity contribution >= 4 is 29.9 Å². The zero-order valence-electron chi connectivity index (χ0n) is 18.9. The van der Waals surface area contributed by atoms with Gasteiger partial charge in [0.15, 0.2) is 0 Å². The standard InChI is InChI=1S/C22H26N2O8S3/c25-33(26)21-15-19(34(27,28)23-7-11-31-12-8-23)5-3-17(21)1-2-18-4-6-20(16-22(18)33)35(29,30)24-9-13-32-14-10-24/h3-6,15-16H,1-2,7-14H2. The lowest BCUT2D eigenvalue weighted by Gasteiger charge is -2.26. The summed E-state index contributed by atoms with van der Waals surface area (Å²) in [6.45, 7) is 1.87. The molecule has 3 aliphatic rings. The lowest BCUT2D eigenvalue weighted by atomic mass is 10.0. The van der Waals surface area contributed by atoms with Gasteiger partial charge in [-0.2, -0.15) is 8.61 Å². The van der Waals surface area contributed by atoms with Crippen LogP contribution in [0.2, 0.25) is 0 Å². The van der Waals surface area contributed by atoms with Crippen molar-refractivity contribution in [1.82, 2.24) is 8.61 Å². The molecule has 2 aromatic carbocycles. The van der Waals surface area contributed by atoms with E-state index in [-0.39, 0.29) is 72.2 Å². The largest absolute Gasteiger partial charge is 0.379 e. The molecule has 35 heavy (non-hydrogen) atoms. The van der Waals surface area contributed by atoms with Crippen molar-refractivity contribution in [3.63, 3.8) is 0 Å². The van der Waals surface area contributed by atoms with Crippen LogP contribution >= 0.6 is 0 Å². The van der Waals surface area contributed by atoms with Gasteiger partial charge in [0.2, 0.25) is 29.9 Å². The van der Waals surface area contributed by atoms with Crippen LogP contribution < -0.4 is 0 Å². The summed E-state index contributed by atoms with van der Waals surface area (Å²) in [4.78, 5) is -0.428. The van der Waals surface area contributed by atoms with E-state index in [2.05, 4.69) is 0 Å². The third kappa shape index (κ3) is 4.43. The van der Waals surface area contributed by atoms with E-state index >= 15 is 0 Å². The van der Waals surface area contributed by atoms with E-state index in [1.54, 1.807) is 0 Å². The first-order chi connectivity index (χ1) is 16.6. The molecular weight excluding hydrogens is 516 g/mol. The molecule has 0 aromatic heterocycles. The van der Waals surface area contributed by atoms with Crippen LogP contribution in [0, 0.1) is 0 Å². The number of hydrogen-bond acceptors (Lipinski definition) is 8. The second kappa shape index (κ2) is 9.21. The van der Waals surface area contributed by atoms with E-state index in [1.165, 1.54) is 45.0 Å². The SMILES string of the molecule is O=S1(=O)c2cc(S(=O)(=O)N3CCOCC3)ccc2CCc2ccc(S(=O)(=O)N3CCOCC3)cc21. The van der Waals surface area contributed by atoms with E-state index in [9.17, 15) is 25.3 Å². The summed E-state index contributed by atoms with van der Waals surface area (Å²) in [6.07, 6.45) is 0.768. The summed E-state index contributed by atoms with van der Waals surface area (Å²) >= 11 is 0. The Morgan fingerprint density at radius 3 is 1.37 bits per heavy atom. The summed E-state index contributed by atoms with van der Waals surface area (Å²) < 4.78 is 93.2. The average Bonchev–Trinajstić information content (AvgIpc) is 2.98. The number of aryl methyl sites for hydroxylation is 2. The van der Waals surface area contributed by atoms with Gasteiger partial charge < -0.3 is 9.47 Å². The second-order valence-corrected chi connectivity index (χ2v) is 14.3. The van der Waals surface area contributed by atoms with Gasteiger partial charge in [0.25, 0.3) is 0 Å².